The van der Waals surface area contributed by atoms with Crippen molar-refractivity contribution in [3.8, 4) is 0 Å². The molecule has 1 aliphatic heterocycles. The van der Waals surface area contributed by atoms with Gasteiger partial charge in [-0.3, -0.25) is 4.79 Å². The summed E-state index contributed by atoms with van der Waals surface area (Å²) in [5.41, 5.74) is 7.67. The number of nitrogens with two attached hydrogens (primary N) is 1. The summed E-state index contributed by atoms with van der Waals surface area (Å²) < 4.78 is 10.0. The molecule has 124 valence electrons. The number of benzene rings is 1. The third-order valence-corrected chi connectivity index (χ3v) is 3.94. The molecule has 1 amide bonds. The molecule has 1 aromatic heterocycles. The monoisotopic (exact) mass is 337 g/mol. The maximum absolute atomic E-state index is 12.5. The number of likely N-dealkylation sites (tertiary alicyclic amines) is 1. The Balaban J connectivity index is 0.00000192. The zero-order valence-corrected chi connectivity index (χ0v) is 13.7. The summed E-state index contributed by atoms with van der Waals surface area (Å²) in [6.07, 6.45) is 0. The minimum atomic E-state index is -0.153. The van der Waals surface area contributed by atoms with E-state index in [-0.39, 0.29) is 30.3 Å². The average Bonchev–Trinajstić information content (AvgIpc) is 3.15. The number of halogens is 1. The molecule has 2 N–H and O–H groups in total. The molecule has 6 nitrogen and oxygen atoms in total. The standard InChI is InChI=1S/C16H19N3O3.ClH/c1-21-10-12-7-15(18-22-12)16(20)19-8-13(14(17)9-19)11-5-3-2-4-6-11;/h2-7,13-14H,8-10,17H2,1H3;1H/t13-,14+;/m0./s1. The van der Waals surface area contributed by atoms with Gasteiger partial charge in [-0.25, -0.2) is 0 Å². The van der Waals surface area contributed by atoms with Gasteiger partial charge in [0.25, 0.3) is 5.91 Å². The molecule has 2 aromatic rings. The highest BCUT2D eigenvalue weighted by Gasteiger charge is 2.35. The van der Waals surface area contributed by atoms with E-state index >= 15 is 0 Å². The molecular formula is C16H20ClN3O3. The summed E-state index contributed by atoms with van der Waals surface area (Å²) >= 11 is 0. The SMILES string of the molecule is COCc1cc(C(=O)N2C[C@@H](N)[C@H](c3ccccc3)C2)no1.Cl. The Morgan fingerprint density at radius 2 is 2.13 bits per heavy atom. The van der Waals surface area contributed by atoms with E-state index < -0.39 is 0 Å². The topological polar surface area (TPSA) is 81.6 Å². The maximum atomic E-state index is 12.5. The lowest BCUT2D eigenvalue weighted by Gasteiger charge is -2.15. The van der Waals surface area contributed by atoms with E-state index in [1.807, 2.05) is 30.3 Å². The first-order valence-electron chi connectivity index (χ1n) is 7.23. The number of nitrogens with zero attached hydrogens (tertiary/aromatic N) is 2. The Bertz CT molecular complexity index is 647. The Morgan fingerprint density at radius 1 is 1.39 bits per heavy atom. The molecule has 23 heavy (non-hydrogen) atoms. The Hall–Kier alpha value is -1.89. The van der Waals surface area contributed by atoms with E-state index in [2.05, 4.69) is 5.16 Å². The van der Waals surface area contributed by atoms with Crippen LogP contribution in [-0.2, 0) is 11.3 Å². The van der Waals surface area contributed by atoms with Crippen LogP contribution < -0.4 is 5.73 Å². The first-order chi connectivity index (χ1) is 10.7. The molecule has 0 radical (unpaired) electrons. The summed E-state index contributed by atoms with van der Waals surface area (Å²) in [7, 11) is 1.56. The third kappa shape index (κ3) is 3.72. The van der Waals surface area contributed by atoms with Crippen LogP contribution in [0.3, 0.4) is 0 Å². The van der Waals surface area contributed by atoms with E-state index in [1.54, 1.807) is 18.1 Å². The fourth-order valence-electron chi connectivity index (χ4n) is 2.83. The van der Waals surface area contributed by atoms with Crippen LogP contribution in [0.2, 0.25) is 0 Å². The molecule has 0 aliphatic carbocycles. The molecule has 1 fully saturated rings. The van der Waals surface area contributed by atoms with Gasteiger partial charge in [0.05, 0.1) is 0 Å². The summed E-state index contributed by atoms with van der Waals surface area (Å²) in [5.74, 6) is 0.532. The number of methoxy groups -OCH3 is 1. The predicted molar refractivity (Wildman–Crippen MR) is 87.5 cm³/mol. The Labute approximate surface area is 141 Å². The normalized spacial score (nSPS) is 20.3. The van der Waals surface area contributed by atoms with Gasteiger partial charge in [-0.1, -0.05) is 35.5 Å². The summed E-state index contributed by atoms with van der Waals surface area (Å²) in [5, 5.41) is 3.82. The number of hydrogen-bond donors (Lipinski definition) is 1. The van der Waals surface area contributed by atoms with Crippen LogP contribution in [0.1, 0.15) is 27.7 Å². The zero-order valence-electron chi connectivity index (χ0n) is 12.8. The van der Waals surface area contributed by atoms with Gasteiger partial charge in [0.15, 0.2) is 11.5 Å². The van der Waals surface area contributed by atoms with Crippen LogP contribution in [-0.4, -0.2) is 42.2 Å². The number of hydrogen-bond acceptors (Lipinski definition) is 5. The second-order valence-electron chi connectivity index (χ2n) is 5.50. The summed E-state index contributed by atoms with van der Waals surface area (Å²) in [6, 6.07) is 11.6. The van der Waals surface area contributed by atoms with Crippen molar-refractivity contribution in [2.75, 3.05) is 20.2 Å². The Kier molecular flexibility index (Phi) is 5.76. The van der Waals surface area contributed by atoms with Crippen LogP contribution in [0.25, 0.3) is 0 Å². The van der Waals surface area contributed by atoms with Crippen molar-refractivity contribution in [2.45, 2.75) is 18.6 Å². The number of aromatic nitrogens is 1. The fraction of sp³-hybridized carbons (Fsp3) is 0.375. The maximum Gasteiger partial charge on any atom is 0.276 e. The summed E-state index contributed by atoms with van der Waals surface area (Å²) in [6.45, 7) is 1.41. The highest BCUT2D eigenvalue weighted by atomic mass is 35.5. The van der Waals surface area contributed by atoms with Gasteiger partial charge in [-0.05, 0) is 5.56 Å². The third-order valence-electron chi connectivity index (χ3n) is 3.94. The quantitative estimate of drug-likeness (QED) is 0.920. The molecule has 1 saturated heterocycles. The fourth-order valence-corrected chi connectivity index (χ4v) is 2.83. The first-order valence-corrected chi connectivity index (χ1v) is 7.23. The zero-order chi connectivity index (χ0) is 15.5. The van der Waals surface area contributed by atoms with Crippen LogP contribution in [0.15, 0.2) is 40.9 Å². The van der Waals surface area contributed by atoms with E-state index in [9.17, 15) is 4.79 Å². The number of carbonyl (C=O) groups is 1. The van der Waals surface area contributed by atoms with Crippen molar-refractivity contribution in [3.63, 3.8) is 0 Å². The van der Waals surface area contributed by atoms with Crippen molar-refractivity contribution in [3.05, 3.63) is 53.4 Å². The first kappa shape index (κ1) is 17.5. The van der Waals surface area contributed by atoms with E-state index in [0.717, 1.165) is 5.56 Å². The minimum Gasteiger partial charge on any atom is -0.377 e. The van der Waals surface area contributed by atoms with Crippen molar-refractivity contribution in [1.82, 2.24) is 10.1 Å². The van der Waals surface area contributed by atoms with Gasteiger partial charge in [-0.2, -0.15) is 0 Å². The molecule has 0 unspecified atom stereocenters. The van der Waals surface area contributed by atoms with Gasteiger partial charge in [0.1, 0.15) is 6.61 Å². The molecule has 1 aromatic carbocycles. The molecule has 2 atom stereocenters. The van der Waals surface area contributed by atoms with Gasteiger partial charge >= 0.3 is 0 Å². The largest absolute Gasteiger partial charge is 0.377 e. The second-order valence-corrected chi connectivity index (χ2v) is 5.50. The van der Waals surface area contributed by atoms with Gasteiger partial charge in [-0.15, -0.1) is 12.4 Å². The van der Waals surface area contributed by atoms with E-state index in [4.69, 9.17) is 15.0 Å². The number of ether oxygens (including phenoxy) is 1. The molecule has 1 aliphatic rings. The van der Waals surface area contributed by atoms with Gasteiger partial charge in [0, 0.05) is 38.2 Å². The lowest BCUT2D eigenvalue weighted by molar-refractivity contribution is 0.0778. The highest BCUT2D eigenvalue weighted by molar-refractivity contribution is 5.92. The Morgan fingerprint density at radius 3 is 2.83 bits per heavy atom. The van der Waals surface area contributed by atoms with Gasteiger partial charge < -0.3 is 19.9 Å². The van der Waals surface area contributed by atoms with Gasteiger partial charge in [0.2, 0.25) is 0 Å². The van der Waals surface area contributed by atoms with Crippen LogP contribution in [0.4, 0.5) is 0 Å². The van der Waals surface area contributed by atoms with E-state index in [0.29, 0.717) is 31.2 Å². The van der Waals surface area contributed by atoms with Crippen LogP contribution in [0, 0.1) is 0 Å². The summed E-state index contributed by atoms with van der Waals surface area (Å²) in [4.78, 5) is 14.2. The van der Waals surface area contributed by atoms with E-state index in [1.165, 1.54) is 0 Å². The highest BCUT2D eigenvalue weighted by Crippen LogP contribution is 2.27. The molecule has 0 spiro atoms. The van der Waals surface area contributed by atoms with Crippen LogP contribution in [0.5, 0.6) is 0 Å². The smallest absolute Gasteiger partial charge is 0.276 e. The average molecular weight is 338 g/mol. The molecule has 0 saturated carbocycles. The number of amides is 1. The lowest BCUT2D eigenvalue weighted by atomic mass is 9.95. The predicted octanol–water partition coefficient (Wildman–Crippen LogP) is 1.81. The second kappa shape index (κ2) is 7.59. The number of carbonyl (C=O) groups excluding carboxylic acids is 1. The molecule has 0 bridgehead atoms. The van der Waals surface area contributed by atoms with Crippen molar-refractivity contribution < 1.29 is 14.1 Å². The molecular weight excluding hydrogens is 318 g/mol. The minimum absolute atomic E-state index is 0. The van der Waals surface area contributed by atoms with Crippen molar-refractivity contribution in [2.24, 2.45) is 5.73 Å². The molecule has 7 heteroatoms. The molecule has 3 rings (SSSR count). The van der Waals surface area contributed by atoms with Crippen LogP contribution >= 0.6 is 12.4 Å². The molecule has 2 heterocycles. The van der Waals surface area contributed by atoms with Crippen molar-refractivity contribution in [1.29, 1.82) is 0 Å². The lowest BCUT2D eigenvalue weighted by Crippen LogP contribution is -2.32. The van der Waals surface area contributed by atoms with Crippen molar-refractivity contribution >= 4 is 18.3 Å². The number of rotatable bonds is 4.